The van der Waals surface area contributed by atoms with Gasteiger partial charge in [-0.05, 0) is 30.3 Å². The number of carbonyl (C=O) groups is 1. The van der Waals surface area contributed by atoms with Crippen molar-refractivity contribution < 1.29 is 9.53 Å². The highest BCUT2D eigenvalue weighted by molar-refractivity contribution is 5.94. The van der Waals surface area contributed by atoms with Gasteiger partial charge < -0.3 is 9.64 Å². The van der Waals surface area contributed by atoms with E-state index in [1.54, 1.807) is 16.6 Å². The highest BCUT2D eigenvalue weighted by atomic mass is 16.5. The van der Waals surface area contributed by atoms with E-state index in [4.69, 9.17) is 9.84 Å². The van der Waals surface area contributed by atoms with Gasteiger partial charge in [-0.2, -0.15) is 5.10 Å². The average molecular weight is 397 g/mol. The molecule has 0 aliphatic rings. The molecule has 4 aromatic rings. The van der Waals surface area contributed by atoms with Crippen LogP contribution < -0.4 is 4.74 Å². The fourth-order valence-corrected chi connectivity index (χ4v) is 3.16. The average Bonchev–Trinajstić information content (AvgIpc) is 3.26. The number of nitrogens with zero attached hydrogens (tertiary/aromatic N) is 3. The molecule has 5 heteroatoms. The van der Waals surface area contributed by atoms with Gasteiger partial charge in [-0.1, -0.05) is 66.7 Å². The van der Waals surface area contributed by atoms with E-state index < -0.39 is 0 Å². The number of hydrogen-bond donors (Lipinski definition) is 0. The number of hydrogen-bond acceptors (Lipinski definition) is 3. The molecule has 0 atom stereocenters. The van der Waals surface area contributed by atoms with E-state index in [1.165, 1.54) is 0 Å². The Hall–Kier alpha value is -3.86. The van der Waals surface area contributed by atoms with Crippen molar-refractivity contribution in [1.82, 2.24) is 14.7 Å². The van der Waals surface area contributed by atoms with E-state index in [0.717, 1.165) is 22.7 Å². The van der Waals surface area contributed by atoms with Crippen molar-refractivity contribution in [3.05, 3.63) is 103 Å². The van der Waals surface area contributed by atoms with Gasteiger partial charge in [0.15, 0.2) is 0 Å². The normalized spacial score (nSPS) is 10.6. The molecule has 0 N–H and O–H groups in total. The predicted octanol–water partition coefficient (Wildman–Crippen LogP) is 4.69. The van der Waals surface area contributed by atoms with Crippen molar-refractivity contribution in [3.63, 3.8) is 0 Å². The van der Waals surface area contributed by atoms with Crippen LogP contribution in [0.1, 0.15) is 10.5 Å². The monoisotopic (exact) mass is 397 g/mol. The zero-order valence-corrected chi connectivity index (χ0v) is 16.8. The number of ether oxygens (including phenoxy) is 1. The lowest BCUT2D eigenvalue weighted by Crippen LogP contribution is -2.32. The van der Waals surface area contributed by atoms with Crippen LogP contribution in [-0.2, 0) is 0 Å². The highest BCUT2D eigenvalue weighted by Gasteiger charge is 2.20. The lowest BCUT2D eigenvalue weighted by molar-refractivity contribution is 0.0765. The molecule has 0 radical (unpaired) electrons. The maximum atomic E-state index is 13.2. The molecule has 0 aliphatic heterocycles. The Balaban J connectivity index is 1.56. The first kappa shape index (κ1) is 19.5. The van der Waals surface area contributed by atoms with E-state index in [9.17, 15) is 4.79 Å². The Morgan fingerprint density at radius 1 is 0.900 bits per heavy atom. The summed E-state index contributed by atoms with van der Waals surface area (Å²) in [6.45, 7) is 0.881. The Morgan fingerprint density at radius 2 is 1.50 bits per heavy atom. The van der Waals surface area contributed by atoms with Crippen molar-refractivity contribution in [1.29, 1.82) is 0 Å². The topological polar surface area (TPSA) is 47.4 Å². The zero-order valence-electron chi connectivity index (χ0n) is 16.8. The second-order valence-electron chi connectivity index (χ2n) is 6.92. The summed E-state index contributed by atoms with van der Waals surface area (Å²) in [5.41, 5.74) is 3.09. The first-order valence-electron chi connectivity index (χ1n) is 9.86. The summed E-state index contributed by atoms with van der Waals surface area (Å²) in [6, 6.07) is 31.0. The largest absolute Gasteiger partial charge is 0.492 e. The highest BCUT2D eigenvalue weighted by Crippen LogP contribution is 2.22. The Morgan fingerprint density at radius 3 is 2.17 bits per heavy atom. The molecule has 0 saturated heterocycles. The molecule has 1 heterocycles. The molecular formula is C25H23N3O2. The van der Waals surface area contributed by atoms with Gasteiger partial charge >= 0.3 is 0 Å². The molecule has 0 saturated carbocycles. The molecular weight excluding hydrogens is 374 g/mol. The molecule has 3 aromatic carbocycles. The molecule has 4 rings (SSSR count). The maximum absolute atomic E-state index is 13.2. The van der Waals surface area contributed by atoms with Crippen LogP contribution in [0.4, 0.5) is 0 Å². The van der Waals surface area contributed by atoms with Gasteiger partial charge in [0.1, 0.15) is 18.1 Å². The van der Waals surface area contributed by atoms with E-state index in [0.29, 0.717) is 18.8 Å². The van der Waals surface area contributed by atoms with Crippen LogP contribution in [0, 0.1) is 0 Å². The summed E-state index contributed by atoms with van der Waals surface area (Å²) in [7, 11) is 1.78. The lowest BCUT2D eigenvalue weighted by atomic mass is 10.1. The standard InChI is InChI=1S/C25H23N3O2/c1-27(17-18-30-22-15-9-4-10-16-22)25(29)24-19-23(20-11-5-2-6-12-20)26-28(24)21-13-7-3-8-14-21/h2-16,19H,17-18H2,1H3. The summed E-state index contributed by atoms with van der Waals surface area (Å²) in [4.78, 5) is 14.9. The lowest BCUT2D eigenvalue weighted by Gasteiger charge is -2.18. The zero-order chi connectivity index (χ0) is 20.8. The minimum atomic E-state index is -0.106. The first-order valence-corrected chi connectivity index (χ1v) is 9.86. The van der Waals surface area contributed by atoms with Crippen molar-refractivity contribution in [2.45, 2.75) is 0 Å². The summed E-state index contributed by atoms with van der Waals surface area (Å²) < 4.78 is 7.44. The fourth-order valence-electron chi connectivity index (χ4n) is 3.16. The third-order valence-corrected chi connectivity index (χ3v) is 4.78. The van der Waals surface area contributed by atoms with E-state index >= 15 is 0 Å². The van der Waals surface area contributed by atoms with Crippen molar-refractivity contribution >= 4 is 5.91 Å². The van der Waals surface area contributed by atoms with Gasteiger partial charge in [-0.25, -0.2) is 4.68 Å². The number of likely N-dealkylation sites (N-methyl/N-ethyl adjacent to an activating group) is 1. The number of rotatable bonds is 7. The van der Waals surface area contributed by atoms with Crippen LogP contribution in [-0.4, -0.2) is 40.8 Å². The van der Waals surface area contributed by atoms with Crippen LogP contribution in [0.3, 0.4) is 0 Å². The van der Waals surface area contributed by atoms with Gasteiger partial charge in [0.25, 0.3) is 5.91 Å². The van der Waals surface area contributed by atoms with Gasteiger partial charge in [-0.3, -0.25) is 4.79 Å². The van der Waals surface area contributed by atoms with Crippen LogP contribution in [0.25, 0.3) is 16.9 Å². The maximum Gasteiger partial charge on any atom is 0.272 e. The molecule has 0 aliphatic carbocycles. The summed E-state index contributed by atoms with van der Waals surface area (Å²) in [5.74, 6) is 0.684. The minimum absolute atomic E-state index is 0.106. The number of amides is 1. The molecule has 30 heavy (non-hydrogen) atoms. The molecule has 0 fully saturated rings. The van der Waals surface area contributed by atoms with Gasteiger partial charge in [0, 0.05) is 12.6 Å². The molecule has 0 unspecified atom stereocenters. The number of carbonyl (C=O) groups excluding carboxylic acids is 1. The minimum Gasteiger partial charge on any atom is -0.492 e. The number of para-hydroxylation sites is 2. The third-order valence-electron chi connectivity index (χ3n) is 4.78. The second-order valence-corrected chi connectivity index (χ2v) is 6.92. The first-order chi connectivity index (χ1) is 14.7. The molecule has 1 amide bonds. The Bertz CT molecular complexity index is 1090. The SMILES string of the molecule is CN(CCOc1ccccc1)C(=O)c1cc(-c2ccccc2)nn1-c1ccccc1. The van der Waals surface area contributed by atoms with E-state index in [-0.39, 0.29) is 5.91 Å². The van der Waals surface area contributed by atoms with Crippen molar-refractivity contribution in [2.75, 3.05) is 20.2 Å². The van der Waals surface area contributed by atoms with Gasteiger partial charge in [-0.15, -0.1) is 0 Å². The van der Waals surface area contributed by atoms with E-state index in [2.05, 4.69) is 0 Å². The Labute approximate surface area is 176 Å². The molecule has 1 aromatic heterocycles. The van der Waals surface area contributed by atoms with Crippen LogP contribution in [0.2, 0.25) is 0 Å². The third kappa shape index (κ3) is 4.41. The van der Waals surface area contributed by atoms with Gasteiger partial charge in [0.2, 0.25) is 0 Å². The summed E-state index contributed by atoms with van der Waals surface area (Å²) >= 11 is 0. The summed E-state index contributed by atoms with van der Waals surface area (Å²) in [5, 5.41) is 4.72. The predicted molar refractivity (Wildman–Crippen MR) is 118 cm³/mol. The van der Waals surface area contributed by atoms with Crippen LogP contribution in [0.15, 0.2) is 97.1 Å². The second kappa shape index (κ2) is 9.09. The van der Waals surface area contributed by atoms with Crippen molar-refractivity contribution in [2.24, 2.45) is 0 Å². The quantitative estimate of drug-likeness (QED) is 0.455. The fraction of sp³-hybridized carbons (Fsp3) is 0.120. The smallest absolute Gasteiger partial charge is 0.272 e. The Kier molecular flexibility index (Phi) is 5.90. The van der Waals surface area contributed by atoms with Crippen molar-refractivity contribution in [3.8, 4) is 22.7 Å². The molecule has 0 bridgehead atoms. The molecule has 5 nitrogen and oxygen atoms in total. The van der Waals surface area contributed by atoms with E-state index in [1.807, 2.05) is 97.1 Å². The number of benzene rings is 3. The van der Waals surface area contributed by atoms with Gasteiger partial charge in [0.05, 0.1) is 17.9 Å². The van der Waals surface area contributed by atoms with Crippen LogP contribution >= 0.6 is 0 Å². The summed E-state index contributed by atoms with van der Waals surface area (Å²) in [6.07, 6.45) is 0. The molecule has 0 spiro atoms. The molecule has 150 valence electrons. The number of aromatic nitrogens is 2. The van der Waals surface area contributed by atoms with Crippen LogP contribution in [0.5, 0.6) is 5.75 Å².